The Bertz CT molecular complexity index is 1240. The van der Waals surface area contributed by atoms with E-state index < -0.39 is 17.4 Å². The molecule has 7 nitrogen and oxygen atoms in total. The Balaban J connectivity index is 1.42. The standard InChI is InChI=1S/C27H24N2O5S/c30-24(31)20-13-7-8-14-21(20)25(32)34-26-23-22(17-35-26)28(15-18-9-3-1-4-10-18)27(33)29(23)16-19-11-5-2-6-12-19/h1-14,22-23,26H,15-17H2,(H,30,31)/t22-,23-,26-/m0/s1. The van der Waals surface area contributed by atoms with Gasteiger partial charge in [-0.05, 0) is 23.3 Å². The van der Waals surface area contributed by atoms with Gasteiger partial charge in [0.2, 0.25) is 0 Å². The first kappa shape index (κ1) is 23.0. The molecule has 5 rings (SSSR count). The number of thioether (sulfide) groups is 1. The molecule has 0 saturated carbocycles. The number of carboxylic acids is 1. The minimum atomic E-state index is -1.19. The van der Waals surface area contributed by atoms with Crippen LogP contribution in [0.1, 0.15) is 31.8 Å². The highest BCUT2D eigenvalue weighted by Crippen LogP contribution is 2.41. The molecule has 3 aromatic rings. The Kier molecular flexibility index (Phi) is 6.46. The molecule has 0 radical (unpaired) electrons. The van der Waals surface area contributed by atoms with Crippen molar-refractivity contribution < 1.29 is 24.2 Å². The van der Waals surface area contributed by atoms with E-state index in [1.807, 2.05) is 65.6 Å². The van der Waals surface area contributed by atoms with Crippen LogP contribution in [0.3, 0.4) is 0 Å². The summed E-state index contributed by atoms with van der Waals surface area (Å²) in [4.78, 5) is 41.8. The number of amides is 2. The fourth-order valence-electron chi connectivity index (χ4n) is 4.67. The van der Waals surface area contributed by atoms with E-state index in [-0.39, 0.29) is 29.2 Å². The summed E-state index contributed by atoms with van der Waals surface area (Å²) in [5.74, 6) is -1.27. The molecule has 2 aliphatic heterocycles. The number of urea groups is 1. The van der Waals surface area contributed by atoms with E-state index in [1.165, 1.54) is 23.9 Å². The largest absolute Gasteiger partial charge is 0.478 e. The number of ether oxygens (including phenoxy) is 1. The van der Waals surface area contributed by atoms with Gasteiger partial charge in [-0.25, -0.2) is 14.4 Å². The quantitative estimate of drug-likeness (QED) is 0.390. The molecule has 2 fully saturated rings. The molecule has 0 spiro atoms. The molecule has 178 valence electrons. The van der Waals surface area contributed by atoms with Crippen LogP contribution in [0.4, 0.5) is 4.79 Å². The molecule has 35 heavy (non-hydrogen) atoms. The first-order valence-corrected chi connectivity index (χ1v) is 12.4. The monoisotopic (exact) mass is 488 g/mol. The third kappa shape index (κ3) is 4.61. The molecule has 0 aliphatic carbocycles. The van der Waals surface area contributed by atoms with Crippen LogP contribution >= 0.6 is 11.8 Å². The summed E-state index contributed by atoms with van der Waals surface area (Å²) in [5, 5.41) is 9.47. The molecule has 0 aromatic heterocycles. The van der Waals surface area contributed by atoms with Gasteiger partial charge in [-0.2, -0.15) is 0 Å². The summed E-state index contributed by atoms with van der Waals surface area (Å²) in [7, 11) is 0. The SMILES string of the molecule is O=C(O)c1ccccc1C(=O)O[C@H]1SC[C@H]2[C@@H]1N(Cc1ccccc1)C(=O)N2Cc1ccccc1. The molecule has 0 unspecified atom stereocenters. The highest BCUT2D eigenvalue weighted by molar-refractivity contribution is 8.00. The molecule has 2 amide bonds. The average Bonchev–Trinajstić information content (AvgIpc) is 3.39. The van der Waals surface area contributed by atoms with Crippen LogP contribution in [0.2, 0.25) is 0 Å². The van der Waals surface area contributed by atoms with Crippen LogP contribution in [-0.4, -0.2) is 56.1 Å². The lowest BCUT2D eigenvalue weighted by Crippen LogP contribution is -2.42. The van der Waals surface area contributed by atoms with Crippen molar-refractivity contribution in [3.63, 3.8) is 0 Å². The van der Waals surface area contributed by atoms with Gasteiger partial charge in [0.05, 0.1) is 17.2 Å². The van der Waals surface area contributed by atoms with Crippen molar-refractivity contribution in [2.75, 3.05) is 5.75 Å². The van der Waals surface area contributed by atoms with Crippen LogP contribution < -0.4 is 0 Å². The second kappa shape index (κ2) is 9.84. The third-order valence-electron chi connectivity index (χ3n) is 6.35. The van der Waals surface area contributed by atoms with Gasteiger partial charge in [0.1, 0.15) is 6.04 Å². The molecule has 2 heterocycles. The second-order valence-electron chi connectivity index (χ2n) is 8.53. The van der Waals surface area contributed by atoms with Crippen LogP contribution in [0, 0.1) is 0 Å². The predicted molar refractivity (Wildman–Crippen MR) is 132 cm³/mol. The van der Waals surface area contributed by atoms with Crippen molar-refractivity contribution in [3.05, 3.63) is 107 Å². The van der Waals surface area contributed by atoms with E-state index in [0.29, 0.717) is 18.8 Å². The number of hydrogen-bond donors (Lipinski definition) is 1. The summed E-state index contributed by atoms with van der Waals surface area (Å²) in [6, 6.07) is 25.0. The lowest BCUT2D eigenvalue weighted by molar-refractivity contribution is 0.0329. The number of benzene rings is 3. The topological polar surface area (TPSA) is 87.1 Å². The Morgan fingerprint density at radius 1 is 0.829 bits per heavy atom. The van der Waals surface area contributed by atoms with Crippen molar-refractivity contribution in [1.82, 2.24) is 9.80 Å². The Morgan fingerprint density at radius 3 is 1.97 bits per heavy atom. The maximum atomic E-state index is 13.6. The zero-order valence-electron chi connectivity index (χ0n) is 18.8. The van der Waals surface area contributed by atoms with Crippen LogP contribution in [-0.2, 0) is 17.8 Å². The molecule has 8 heteroatoms. The Morgan fingerprint density at radius 2 is 1.37 bits per heavy atom. The number of nitrogens with zero attached hydrogens (tertiary/aromatic N) is 2. The van der Waals surface area contributed by atoms with Crippen molar-refractivity contribution in [2.24, 2.45) is 0 Å². The van der Waals surface area contributed by atoms with Gasteiger partial charge in [0, 0.05) is 18.8 Å². The van der Waals surface area contributed by atoms with E-state index in [1.54, 1.807) is 17.0 Å². The minimum absolute atomic E-state index is 0.00382. The number of carboxylic acid groups (broad SMARTS) is 1. The zero-order chi connectivity index (χ0) is 24.4. The van der Waals surface area contributed by atoms with E-state index >= 15 is 0 Å². The van der Waals surface area contributed by atoms with E-state index in [4.69, 9.17) is 4.74 Å². The van der Waals surface area contributed by atoms with Crippen molar-refractivity contribution in [1.29, 1.82) is 0 Å². The number of fused-ring (bicyclic) bond motifs is 1. The molecule has 0 bridgehead atoms. The molecule has 3 atom stereocenters. The normalized spacial score (nSPS) is 21.1. The molecule has 2 saturated heterocycles. The lowest BCUT2D eigenvalue weighted by Gasteiger charge is -2.27. The molecule has 1 N–H and O–H groups in total. The fourth-order valence-corrected chi connectivity index (χ4v) is 6.12. The summed E-state index contributed by atoms with van der Waals surface area (Å²) < 4.78 is 5.86. The number of esters is 1. The molecule has 2 aliphatic rings. The van der Waals surface area contributed by atoms with Gasteiger partial charge >= 0.3 is 18.0 Å². The molecular formula is C27H24N2O5S. The third-order valence-corrected chi connectivity index (χ3v) is 7.59. The van der Waals surface area contributed by atoms with Gasteiger partial charge in [0.25, 0.3) is 0 Å². The predicted octanol–water partition coefficient (Wildman–Crippen LogP) is 4.49. The minimum Gasteiger partial charge on any atom is -0.478 e. The highest BCUT2D eigenvalue weighted by Gasteiger charge is 2.54. The van der Waals surface area contributed by atoms with Crippen molar-refractivity contribution >= 4 is 29.7 Å². The van der Waals surface area contributed by atoms with E-state index in [0.717, 1.165) is 11.1 Å². The van der Waals surface area contributed by atoms with Crippen molar-refractivity contribution in [3.8, 4) is 0 Å². The first-order valence-electron chi connectivity index (χ1n) is 11.3. The molecule has 3 aromatic carbocycles. The smallest absolute Gasteiger partial charge is 0.340 e. The van der Waals surface area contributed by atoms with E-state index in [2.05, 4.69) is 0 Å². The van der Waals surface area contributed by atoms with Gasteiger partial charge in [-0.1, -0.05) is 72.8 Å². The first-order chi connectivity index (χ1) is 17.0. The Hall–Kier alpha value is -3.78. The number of hydrogen-bond acceptors (Lipinski definition) is 5. The van der Waals surface area contributed by atoms with Gasteiger partial charge in [-0.15, -0.1) is 11.8 Å². The summed E-state index contributed by atoms with van der Waals surface area (Å²) in [6.45, 7) is 0.863. The second-order valence-corrected chi connectivity index (χ2v) is 9.66. The number of rotatable bonds is 7. The van der Waals surface area contributed by atoms with Gasteiger partial charge in [0.15, 0.2) is 5.44 Å². The summed E-state index contributed by atoms with van der Waals surface area (Å²) >= 11 is 1.48. The number of carbonyl (C=O) groups is 3. The number of aromatic carboxylic acids is 1. The fraction of sp³-hybridized carbons (Fsp3) is 0.222. The number of carbonyl (C=O) groups excluding carboxylic acids is 2. The lowest BCUT2D eigenvalue weighted by atomic mass is 10.1. The molecular weight excluding hydrogens is 464 g/mol. The van der Waals surface area contributed by atoms with Crippen LogP contribution in [0.15, 0.2) is 84.9 Å². The van der Waals surface area contributed by atoms with Crippen LogP contribution in [0.25, 0.3) is 0 Å². The maximum absolute atomic E-state index is 13.6. The van der Waals surface area contributed by atoms with E-state index in [9.17, 15) is 19.5 Å². The van der Waals surface area contributed by atoms with Crippen LogP contribution in [0.5, 0.6) is 0 Å². The zero-order valence-corrected chi connectivity index (χ0v) is 19.6. The summed E-state index contributed by atoms with van der Waals surface area (Å²) in [5.41, 5.74) is 1.31. The maximum Gasteiger partial charge on any atom is 0.340 e. The van der Waals surface area contributed by atoms with Gasteiger partial charge in [-0.3, -0.25) is 0 Å². The average molecular weight is 489 g/mol. The van der Waals surface area contributed by atoms with Crippen molar-refractivity contribution in [2.45, 2.75) is 30.6 Å². The Labute approximate surface area is 207 Å². The summed E-state index contributed by atoms with van der Waals surface area (Å²) in [6.07, 6.45) is 0. The van der Waals surface area contributed by atoms with Gasteiger partial charge < -0.3 is 19.6 Å². The highest BCUT2D eigenvalue weighted by atomic mass is 32.2.